The van der Waals surface area contributed by atoms with Crippen LogP contribution in [-0.4, -0.2) is 12.2 Å². The first-order valence-electron chi connectivity index (χ1n) is 3.77. The highest BCUT2D eigenvalue weighted by molar-refractivity contribution is 6.31. The Morgan fingerprint density at radius 3 is 2.62 bits per heavy atom. The number of rotatable bonds is 2. The van der Waals surface area contributed by atoms with Crippen LogP contribution in [0.5, 0.6) is 5.75 Å². The number of aliphatic hydroxyl groups is 1. The van der Waals surface area contributed by atoms with E-state index >= 15 is 0 Å². The molecule has 4 heteroatoms. The number of ether oxygens (including phenoxy) is 1. The van der Waals surface area contributed by atoms with E-state index in [1.807, 2.05) is 0 Å². The van der Waals surface area contributed by atoms with Crippen LogP contribution >= 0.6 is 11.6 Å². The lowest BCUT2D eigenvalue weighted by atomic mass is 10.1. The number of halogens is 2. The van der Waals surface area contributed by atoms with Crippen LogP contribution in [0.25, 0.3) is 0 Å². The predicted octanol–water partition coefficient (Wildman–Crippen LogP) is 2.54. The maximum absolute atomic E-state index is 13.1. The zero-order valence-corrected chi connectivity index (χ0v) is 8.10. The van der Waals surface area contributed by atoms with E-state index in [4.69, 9.17) is 16.3 Å². The van der Waals surface area contributed by atoms with Crippen molar-refractivity contribution < 1.29 is 14.2 Å². The average molecular weight is 205 g/mol. The summed E-state index contributed by atoms with van der Waals surface area (Å²) in [5, 5.41) is 9.18. The fourth-order valence-electron chi connectivity index (χ4n) is 0.974. The maximum atomic E-state index is 13.1. The fraction of sp³-hybridized carbons (Fsp3) is 0.333. The molecule has 0 amide bonds. The molecule has 0 aromatic heterocycles. The monoisotopic (exact) mass is 204 g/mol. The quantitative estimate of drug-likeness (QED) is 0.802. The van der Waals surface area contributed by atoms with Crippen molar-refractivity contribution in [2.24, 2.45) is 0 Å². The van der Waals surface area contributed by atoms with Gasteiger partial charge < -0.3 is 9.84 Å². The summed E-state index contributed by atoms with van der Waals surface area (Å²) in [6.07, 6.45) is -0.688. The SMILES string of the molecule is COc1cc(C(C)O)cc(Cl)c1F. The molecule has 0 heterocycles. The minimum atomic E-state index is -0.688. The number of hydrogen-bond donors (Lipinski definition) is 1. The minimum absolute atomic E-state index is 0.0448. The zero-order chi connectivity index (χ0) is 10.0. The van der Waals surface area contributed by atoms with Gasteiger partial charge >= 0.3 is 0 Å². The lowest BCUT2D eigenvalue weighted by Gasteiger charge is -2.09. The van der Waals surface area contributed by atoms with E-state index in [9.17, 15) is 9.50 Å². The normalized spacial score (nSPS) is 12.7. The Kier molecular flexibility index (Phi) is 3.12. The number of methoxy groups -OCH3 is 1. The van der Waals surface area contributed by atoms with Crippen LogP contribution in [0.15, 0.2) is 12.1 Å². The first kappa shape index (κ1) is 10.3. The van der Waals surface area contributed by atoms with Gasteiger partial charge in [-0.25, -0.2) is 4.39 Å². The van der Waals surface area contributed by atoms with Crippen LogP contribution in [0.2, 0.25) is 5.02 Å². The summed E-state index contributed by atoms with van der Waals surface area (Å²) >= 11 is 5.58. The Morgan fingerprint density at radius 2 is 2.15 bits per heavy atom. The van der Waals surface area contributed by atoms with E-state index < -0.39 is 11.9 Å². The molecule has 0 fully saturated rings. The van der Waals surface area contributed by atoms with Crippen LogP contribution < -0.4 is 4.74 Å². The molecule has 1 unspecified atom stereocenters. The molecule has 1 rings (SSSR count). The lowest BCUT2D eigenvalue weighted by Crippen LogP contribution is -1.95. The summed E-state index contributed by atoms with van der Waals surface area (Å²) < 4.78 is 17.9. The number of aliphatic hydroxyl groups excluding tert-OH is 1. The number of benzene rings is 1. The molecule has 0 aliphatic rings. The van der Waals surface area contributed by atoms with Gasteiger partial charge in [0.15, 0.2) is 11.6 Å². The highest BCUT2D eigenvalue weighted by Crippen LogP contribution is 2.29. The summed E-state index contributed by atoms with van der Waals surface area (Å²) in [4.78, 5) is 0. The van der Waals surface area contributed by atoms with Crippen LogP contribution in [0, 0.1) is 5.82 Å². The van der Waals surface area contributed by atoms with Gasteiger partial charge in [0.05, 0.1) is 18.2 Å². The van der Waals surface area contributed by atoms with Gasteiger partial charge in [-0.1, -0.05) is 11.6 Å². The highest BCUT2D eigenvalue weighted by Gasteiger charge is 2.11. The Balaban J connectivity index is 3.22. The van der Waals surface area contributed by atoms with Crippen LogP contribution in [0.1, 0.15) is 18.6 Å². The second-order valence-electron chi connectivity index (χ2n) is 2.69. The molecule has 1 aromatic carbocycles. The van der Waals surface area contributed by atoms with Crippen molar-refractivity contribution >= 4 is 11.6 Å². The van der Waals surface area contributed by atoms with Gasteiger partial charge in [-0.15, -0.1) is 0 Å². The molecule has 72 valence electrons. The molecule has 0 radical (unpaired) electrons. The Labute approximate surface area is 80.9 Å². The third-order valence-corrected chi connectivity index (χ3v) is 1.99. The average Bonchev–Trinajstić information content (AvgIpc) is 2.09. The van der Waals surface area contributed by atoms with Crippen molar-refractivity contribution in [3.8, 4) is 5.75 Å². The van der Waals surface area contributed by atoms with Crippen molar-refractivity contribution in [1.82, 2.24) is 0 Å². The van der Waals surface area contributed by atoms with Crippen molar-refractivity contribution in [3.63, 3.8) is 0 Å². The molecule has 1 N–H and O–H groups in total. The molecule has 0 saturated heterocycles. The standard InChI is InChI=1S/C9H10ClFO2/c1-5(12)6-3-7(10)9(11)8(4-6)13-2/h3-5,12H,1-2H3. The van der Waals surface area contributed by atoms with E-state index in [0.717, 1.165) is 0 Å². The predicted molar refractivity (Wildman–Crippen MR) is 48.6 cm³/mol. The summed E-state index contributed by atoms with van der Waals surface area (Å²) in [6, 6.07) is 2.80. The molecule has 0 saturated carbocycles. The fourth-order valence-corrected chi connectivity index (χ4v) is 1.19. The van der Waals surface area contributed by atoms with Crippen molar-refractivity contribution in [3.05, 3.63) is 28.5 Å². The van der Waals surface area contributed by atoms with E-state index in [-0.39, 0.29) is 10.8 Å². The van der Waals surface area contributed by atoms with Crippen LogP contribution in [0.3, 0.4) is 0 Å². The van der Waals surface area contributed by atoms with E-state index in [0.29, 0.717) is 5.56 Å². The van der Waals surface area contributed by atoms with Gasteiger partial charge in [-0.2, -0.15) is 0 Å². The van der Waals surface area contributed by atoms with Crippen molar-refractivity contribution in [1.29, 1.82) is 0 Å². The Morgan fingerprint density at radius 1 is 1.54 bits per heavy atom. The van der Waals surface area contributed by atoms with E-state index in [1.54, 1.807) is 6.92 Å². The molecular weight excluding hydrogens is 195 g/mol. The molecular formula is C9H10ClFO2. The molecule has 0 aliphatic carbocycles. The van der Waals surface area contributed by atoms with Crippen molar-refractivity contribution in [2.45, 2.75) is 13.0 Å². The van der Waals surface area contributed by atoms with E-state index in [1.165, 1.54) is 19.2 Å². The van der Waals surface area contributed by atoms with Gasteiger partial charge in [0.1, 0.15) is 0 Å². The number of hydrogen-bond acceptors (Lipinski definition) is 2. The molecule has 1 atom stereocenters. The molecule has 13 heavy (non-hydrogen) atoms. The summed E-state index contributed by atoms with van der Waals surface area (Å²) in [6.45, 7) is 1.57. The second kappa shape index (κ2) is 3.94. The highest BCUT2D eigenvalue weighted by atomic mass is 35.5. The third kappa shape index (κ3) is 2.11. The second-order valence-corrected chi connectivity index (χ2v) is 3.10. The smallest absolute Gasteiger partial charge is 0.183 e. The first-order valence-corrected chi connectivity index (χ1v) is 4.15. The molecule has 1 aromatic rings. The van der Waals surface area contributed by atoms with Gasteiger partial charge in [0, 0.05) is 0 Å². The van der Waals surface area contributed by atoms with Gasteiger partial charge in [0.2, 0.25) is 0 Å². The topological polar surface area (TPSA) is 29.5 Å². The lowest BCUT2D eigenvalue weighted by molar-refractivity contribution is 0.198. The maximum Gasteiger partial charge on any atom is 0.183 e. The van der Waals surface area contributed by atoms with Gasteiger partial charge in [-0.05, 0) is 24.6 Å². The van der Waals surface area contributed by atoms with Gasteiger partial charge in [0.25, 0.3) is 0 Å². The molecule has 2 nitrogen and oxygen atoms in total. The van der Waals surface area contributed by atoms with Crippen molar-refractivity contribution in [2.75, 3.05) is 7.11 Å². The summed E-state index contributed by atoms with van der Waals surface area (Å²) in [5.41, 5.74) is 0.531. The minimum Gasteiger partial charge on any atom is -0.494 e. The van der Waals surface area contributed by atoms with E-state index in [2.05, 4.69) is 0 Å². The molecule has 0 aliphatic heterocycles. The van der Waals surface area contributed by atoms with Gasteiger partial charge in [-0.3, -0.25) is 0 Å². The molecule has 0 bridgehead atoms. The third-order valence-electron chi connectivity index (χ3n) is 1.72. The Bertz CT molecular complexity index is 313. The molecule has 0 spiro atoms. The van der Waals surface area contributed by atoms with Crippen LogP contribution in [-0.2, 0) is 0 Å². The first-order chi connectivity index (χ1) is 6.06. The Hall–Kier alpha value is -0.800. The largest absolute Gasteiger partial charge is 0.494 e. The summed E-state index contributed by atoms with van der Waals surface area (Å²) in [5.74, 6) is -0.558. The van der Waals surface area contributed by atoms with Crippen LogP contribution in [0.4, 0.5) is 4.39 Å². The zero-order valence-electron chi connectivity index (χ0n) is 7.34. The summed E-state index contributed by atoms with van der Waals surface area (Å²) in [7, 11) is 1.35.